The minimum Gasteiger partial charge on any atom is -0.465 e. The number of halogens is 2. The number of carbonyl (C=O) groups excluding carboxylic acids is 1. The molecule has 7 heteroatoms. The van der Waals surface area contributed by atoms with Crippen LogP contribution >= 0.6 is 23.2 Å². The van der Waals surface area contributed by atoms with Gasteiger partial charge < -0.3 is 4.74 Å². The Labute approximate surface area is 122 Å². The highest BCUT2D eigenvalue weighted by Crippen LogP contribution is 2.27. The maximum atomic E-state index is 12.3. The summed E-state index contributed by atoms with van der Waals surface area (Å²) in [5, 5.41) is -0.851. The van der Waals surface area contributed by atoms with Crippen molar-refractivity contribution in [2.24, 2.45) is 0 Å². The number of esters is 1. The highest BCUT2D eigenvalue weighted by Gasteiger charge is 2.33. The summed E-state index contributed by atoms with van der Waals surface area (Å²) >= 11 is 11.5. The standard InChI is InChI=1S/C12H14Cl2O4S/c1-3-11(12(15)18-4-2)19(16,17)8-5-6-9(13)10(14)7-8/h5-7,11H,3-4H2,1-2H3. The van der Waals surface area contributed by atoms with Crippen LogP contribution in [-0.4, -0.2) is 26.2 Å². The number of benzene rings is 1. The number of hydrogen-bond donors (Lipinski definition) is 0. The zero-order chi connectivity index (χ0) is 14.6. The van der Waals surface area contributed by atoms with Crippen molar-refractivity contribution in [3.05, 3.63) is 28.2 Å². The number of sulfone groups is 1. The van der Waals surface area contributed by atoms with Crippen LogP contribution in [0.25, 0.3) is 0 Å². The molecule has 0 aliphatic heterocycles. The fraction of sp³-hybridized carbons (Fsp3) is 0.417. The number of rotatable bonds is 5. The summed E-state index contributed by atoms with van der Waals surface area (Å²) in [5.41, 5.74) is 0. The molecular formula is C12H14Cl2O4S. The molecule has 1 rings (SSSR count). The van der Waals surface area contributed by atoms with Crippen LogP contribution in [-0.2, 0) is 19.4 Å². The third-order valence-electron chi connectivity index (χ3n) is 2.51. The predicted molar refractivity (Wildman–Crippen MR) is 74.4 cm³/mol. The van der Waals surface area contributed by atoms with Crippen LogP contribution in [0.1, 0.15) is 20.3 Å². The van der Waals surface area contributed by atoms with Gasteiger partial charge in [0.2, 0.25) is 0 Å². The molecule has 0 heterocycles. The van der Waals surface area contributed by atoms with Gasteiger partial charge in [-0.15, -0.1) is 0 Å². The molecule has 106 valence electrons. The first-order valence-electron chi connectivity index (χ1n) is 5.70. The molecule has 19 heavy (non-hydrogen) atoms. The zero-order valence-corrected chi connectivity index (χ0v) is 12.8. The highest BCUT2D eigenvalue weighted by molar-refractivity contribution is 7.92. The van der Waals surface area contributed by atoms with Crippen molar-refractivity contribution in [1.29, 1.82) is 0 Å². The average Bonchev–Trinajstić information content (AvgIpc) is 2.33. The van der Waals surface area contributed by atoms with Gasteiger partial charge in [-0.25, -0.2) is 8.42 Å². The Morgan fingerprint density at radius 3 is 2.37 bits per heavy atom. The molecule has 1 unspecified atom stereocenters. The summed E-state index contributed by atoms with van der Waals surface area (Å²) < 4.78 is 29.5. The second-order valence-corrected chi connectivity index (χ2v) is 6.71. The van der Waals surface area contributed by atoms with Crippen molar-refractivity contribution >= 4 is 39.0 Å². The normalized spacial score (nSPS) is 13.1. The number of ether oxygens (including phenoxy) is 1. The monoisotopic (exact) mass is 324 g/mol. The van der Waals surface area contributed by atoms with Gasteiger partial charge in [0.1, 0.15) is 0 Å². The molecule has 0 spiro atoms. The SMILES string of the molecule is CCOC(=O)C(CC)S(=O)(=O)c1ccc(Cl)c(Cl)c1. The van der Waals surface area contributed by atoms with Gasteiger partial charge >= 0.3 is 5.97 Å². The van der Waals surface area contributed by atoms with Gasteiger partial charge in [-0.05, 0) is 31.5 Å². The van der Waals surface area contributed by atoms with Crippen LogP contribution in [0, 0.1) is 0 Å². The molecule has 0 saturated carbocycles. The van der Waals surface area contributed by atoms with Crippen LogP contribution in [0.5, 0.6) is 0 Å². The highest BCUT2D eigenvalue weighted by atomic mass is 35.5. The fourth-order valence-electron chi connectivity index (χ4n) is 1.57. The van der Waals surface area contributed by atoms with E-state index in [1.54, 1.807) is 13.8 Å². The van der Waals surface area contributed by atoms with E-state index in [4.69, 9.17) is 27.9 Å². The Hall–Kier alpha value is -0.780. The second-order valence-electron chi connectivity index (χ2n) is 3.77. The van der Waals surface area contributed by atoms with E-state index in [1.807, 2.05) is 0 Å². The maximum absolute atomic E-state index is 12.3. The predicted octanol–water partition coefficient (Wildman–Crippen LogP) is 3.11. The molecule has 0 fully saturated rings. The molecule has 0 aromatic heterocycles. The largest absolute Gasteiger partial charge is 0.465 e. The van der Waals surface area contributed by atoms with Crippen LogP contribution in [0.2, 0.25) is 10.0 Å². The Bertz CT molecular complexity index is 569. The molecule has 0 aliphatic carbocycles. The summed E-state index contributed by atoms with van der Waals surface area (Å²) in [7, 11) is -3.83. The van der Waals surface area contributed by atoms with E-state index >= 15 is 0 Å². The van der Waals surface area contributed by atoms with E-state index in [0.29, 0.717) is 0 Å². The Balaban J connectivity index is 3.20. The molecule has 0 radical (unpaired) electrons. The van der Waals surface area contributed by atoms with E-state index in [-0.39, 0.29) is 28.0 Å². The Kier molecular flexibility index (Phi) is 5.64. The molecule has 0 N–H and O–H groups in total. The zero-order valence-electron chi connectivity index (χ0n) is 10.5. The van der Waals surface area contributed by atoms with Crippen LogP contribution in [0.3, 0.4) is 0 Å². The van der Waals surface area contributed by atoms with Crippen molar-refractivity contribution in [3.63, 3.8) is 0 Å². The third kappa shape index (κ3) is 3.61. The summed E-state index contributed by atoms with van der Waals surface area (Å²) in [6.45, 7) is 3.36. The van der Waals surface area contributed by atoms with Crippen LogP contribution in [0.15, 0.2) is 23.1 Å². The van der Waals surface area contributed by atoms with E-state index < -0.39 is 21.1 Å². The molecule has 0 aliphatic rings. The first-order valence-corrected chi connectivity index (χ1v) is 8.00. The Morgan fingerprint density at radius 1 is 1.26 bits per heavy atom. The minimum absolute atomic E-state index is 0.0400. The lowest BCUT2D eigenvalue weighted by atomic mass is 10.3. The molecule has 1 aromatic carbocycles. The van der Waals surface area contributed by atoms with Crippen molar-refractivity contribution in [2.75, 3.05) is 6.61 Å². The lowest BCUT2D eigenvalue weighted by Crippen LogP contribution is -2.31. The maximum Gasteiger partial charge on any atom is 0.324 e. The second kappa shape index (κ2) is 6.59. The van der Waals surface area contributed by atoms with Gasteiger partial charge in [-0.3, -0.25) is 4.79 Å². The van der Waals surface area contributed by atoms with Crippen molar-refractivity contribution in [1.82, 2.24) is 0 Å². The first kappa shape index (κ1) is 16.3. The third-order valence-corrected chi connectivity index (χ3v) is 5.44. The van der Waals surface area contributed by atoms with Gasteiger partial charge in [-0.2, -0.15) is 0 Å². The summed E-state index contributed by atoms with van der Waals surface area (Å²) in [4.78, 5) is 11.6. The van der Waals surface area contributed by atoms with Crippen molar-refractivity contribution in [2.45, 2.75) is 30.4 Å². The van der Waals surface area contributed by atoms with E-state index in [2.05, 4.69) is 0 Å². The van der Waals surface area contributed by atoms with Crippen LogP contribution in [0.4, 0.5) is 0 Å². The van der Waals surface area contributed by atoms with Crippen molar-refractivity contribution < 1.29 is 17.9 Å². The van der Waals surface area contributed by atoms with Crippen LogP contribution < -0.4 is 0 Å². The lowest BCUT2D eigenvalue weighted by molar-refractivity contribution is -0.142. The smallest absolute Gasteiger partial charge is 0.324 e. The summed E-state index contributed by atoms with van der Waals surface area (Å²) in [6.07, 6.45) is 0.126. The number of carbonyl (C=O) groups is 1. The number of hydrogen-bond acceptors (Lipinski definition) is 4. The molecular weight excluding hydrogens is 311 g/mol. The average molecular weight is 325 g/mol. The Morgan fingerprint density at radius 2 is 1.89 bits per heavy atom. The van der Waals surface area contributed by atoms with Gasteiger partial charge in [0.15, 0.2) is 15.1 Å². The van der Waals surface area contributed by atoms with Gasteiger partial charge in [0.25, 0.3) is 0 Å². The lowest BCUT2D eigenvalue weighted by Gasteiger charge is -2.14. The van der Waals surface area contributed by atoms with Gasteiger partial charge in [0, 0.05) is 0 Å². The van der Waals surface area contributed by atoms with Gasteiger partial charge in [0.05, 0.1) is 21.5 Å². The minimum atomic E-state index is -3.83. The summed E-state index contributed by atoms with van der Waals surface area (Å²) in [6, 6.07) is 3.95. The molecule has 0 amide bonds. The first-order chi connectivity index (χ1) is 8.84. The van der Waals surface area contributed by atoms with E-state index in [1.165, 1.54) is 18.2 Å². The van der Waals surface area contributed by atoms with E-state index in [0.717, 1.165) is 0 Å². The fourth-order valence-corrected chi connectivity index (χ4v) is 3.56. The molecule has 0 saturated heterocycles. The van der Waals surface area contributed by atoms with E-state index in [9.17, 15) is 13.2 Å². The van der Waals surface area contributed by atoms with Crippen molar-refractivity contribution in [3.8, 4) is 0 Å². The molecule has 4 nitrogen and oxygen atoms in total. The topological polar surface area (TPSA) is 60.4 Å². The quantitative estimate of drug-likeness (QED) is 0.781. The molecule has 0 bridgehead atoms. The summed E-state index contributed by atoms with van der Waals surface area (Å²) in [5.74, 6) is -0.754. The van der Waals surface area contributed by atoms with Gasteiger partial charge in [-0.1, -0.05) is 30.1 Å². The molecule has 1 atom stereocenters. The molecule has 1 aromatic rings.